The largest absolute Gasteiger partial charge is 0.331 e. The highest BCUT2D eigenvalue weighted by Gasteiger charge is 2.28. The van der Waals surface area contributed by atoms with Crippen LogP contribution in [0.2, 0.25) is 6.04 Å². The van der Waals surface area contributed by atoms with Gasteiger partial charge in [-0.3, -0.25) is 4.66 Å². The molecule has 0 radical (unpaired) electrons. The summed E-state index contributed by atoms with van der Waals surface area (Å²) in [6.45, 7) is 0. The van der Waals surface area contributed by atoms with Crippen LogP contribution in [0.15, 0.2) is 4.66 Å². The molecule has 0 aromatic carbocycles. The number of hydrogen-bond donors (Lipinski definition) is 0. The number of carbonyl (C=O) groups excluding carboxylic acids is 1. The zero-order valence-electron chi connectivity index (χ0n) is 8.20. The molecular weight excluding hydrogens is 190 g/mol. The van der Waals surface area contributed by atoms with Gasteiger partial charge in [-0.1, -0.05) is 0 Å². The highest BCUT2D eigenvalue weighted by Crippen LogP contribution is 2.18. The molecule has 0 heterocycles. The van der Waals surface area contributed by atoms with Crippen LogP contribution >= 0.6 is 0 Å². The van der Waals surface area contributed by atoms with Gasteiger partial charge in [0.2, 0.25) is 6.08 Å². The third kappa shape index (κ3) is 4.30. The van der Waals surface area contributed by atoms with E-state index in [1.807, 2.05) is 0 Å². The predicted molar refractivity (Wildman–Crippen MR) is 49.8 cm³/mol. The Labute approximate surface area is 80.0 Å². The molecule has 0 rings (SSSR count). The smallest absolute Gasteiger partial charge is 0.281 e. The van der Waals surface area contributed by atoms with E-state index in [2.05, 4.69) is 4.66 Å². The molecule has 0 aromatic heterocycles. The molecule has 0 saturated heterocycles. The Morgan fingerprint density at radius 3 is 2.23 bits per heavy atom. The zero-order chi connectivity index (χ0) is 10.2. The van der Waals surface area contributed by atoms with Gasteiger partial charge in [0.15, 0.2) is 9.68 Å². The molecular formula is C7H15NO4Si. The first-order valence-corrected chi connectivity index (χ1v) is 5.57. The molecule has 0 unspecified atom stereocenters. The Balaban J connectivity index is 3.87. The maximum atomic E-state index is 9.79. The zero-order valence-corrected chi connectivity index (χ0v) is 9.62. The van der Waals surface area contributed by atoms with Gasteiger partial charge in [-0.05, 0) is 6.04 Å². The first kappa shape index (κ1) is 12.5. The van der Waals surface area contributed by atoms with Crippen LogP contribution in [0.3, 0.4) is 0 Å². The Hall–Kier alpha value is -0.523. The molecule has 13 heavy (non-hydrogen) atoms. The summed E-state index contributed by atoms with van der Waals surface area (Å²) in [5.41, 5.74) is 0. The summed E-state index contributed by atoms with van der Waals surface area (Å²) in [6.07, 6.45) is 2.10. The Morgan fingerprint density at radius 2 is 1.85 bits per heavy atom. The number of methoxy groups -OCH3 is 3. The Morgan fingerprint density at radius 1 is 1.31 bits per heavy atom. The molecule has 0 aliphatic carbocycles. The average Bonchev–Trinajstić information content (AvgIpc) is 2.20. The molecule has 0 bridgehead atoms. The third-order valence-electron chi connectivity index (χ3n) is 1.75. The summed E-state index contributed by atoms with van der Waals surface area (Å²) in [6, 6.07) is 0.782. The highest BCUT2D eigenvalue weighted by atomic mass is 28.2. The molecule has 0 aliphatic heterocycles. The van der Waals surface area contributed by atoms with Crippen molar-refractivity contribution in [1.29, 1.82) is 0 Å². The standard InChI is InChI=1S/C7H15NO4Si/c1-10-7(11-2,12-3)4-5-13-8-6-9/h4-5,13H2,1-3H3. The normalized spacial score (nSPS) is 11.9. The number of rotatable bonds is 7. The van der Waals surface area contributed by atoms with Crippen LogP contribution in [-0.4, -0.2) is 43.1 Å². The van der Waals surface area contributed by atoms with Crippen molar-refractivity contribution in [2.75, 3.05) is 21.3 Å². The molecule has 0 saturated carbocycles. The number of hydrogen-bond acceptors (Lipinski definition) is 5. The minimum atomic E-state index is -0.981. The minimum Gasteiger partial charge on any atom is -0.331 e. The van der Waals surface area contributed by atoms with Crippen LogP contribution < -0.4 is 0 Å². The van der Waals surface area contributed by atoms with E-state index >= 15 is 0 Å². The molecule has 6 heteroatoms. The van der Waals surface area contributed by atoms with Crippen LogP contribution in [0.1, 0.15) is 6.42 Å². The van der Waals surface area contributed by atoms with Crippen LogP contribution in [0.5, 0.6) is 0 Å². The summed E-state index contributed by atoms with van der Waals surface area (Å²) >= 11 is 0. The quantitative estimate of drug-likeness (QED) is 0.190. The monoisotopic (exact) mass is 205 g/mol. The van der Waals surface area contributed by atoms with Gasteiger partial charge in [-0.15, -0.1) is 0 Å². The van der Waals surface area contributed by atoms with E-state index in [4.69, 9.17) is 14.2 Å². The first-order valence-electron chi connectivity index (χ1n) is 3.93. The van der Waals surface area contributed by atoms with Crippen molar-refractivity contribution in [2.24, 2.45) is 4.66 Å². The lowest BCUT2D eigenvalue weighted by Gasteiger charge is -2.28. The fourth-order valence-electron chi connectivity index (χ4n) is 0.976. The summed E-state index contributed by atoms with van der Waals surface area (Å²) in [7, 11) is 3.80. The van der Waals surface area contributed by atoms with Crippen molar-refractivity contribution in [2.45, 2.75) is 18.4 Å². The summed E-state index contributed by atoms with van der Waals surface area (Å²) in [5, 5.41) is 0. The van der Waals surface area contributed by atoms with Crippen LogP contribution in [0.25, 0.3) is 0 Å². The van der Waals surface area contributed by atoms with Crippen LogP contribution in [0, 0.1) is 0 Å². The number of isocyanates is 1. The lowest BCUT2D eigenvalue weighted by molar-refractivity contribution is -0.352. The van der Waals surface area contributed by atoms with Gasteiger partial charge < -0.3 is 14.2 Å². The average molecular weight is 205 g/mol. The van der Waals surface area contributed by atoms with E-state index in [-0.39, 0.29) is 0 Å². The van der Waals surface area contributed by atoms with E-state index in [0.29, 0.717) is 6.42 Å². The molecule has 5 nitrogen and oxygen atoms in total. The van der Waals surface area contributed by atoms with Crippen molar-refractivity contribution < 1.29 is 19.0 Å². The van der Waals surface area contributed by atoms with Gasteiger partial charge in [-0.25, -0.2) is 4.79 Å². The fraction of sp³-hybridized carbons (Fsp3) is 0.857. The second-order valence-corrected chi connectivity index (χ2v) is 3.84. The van der Waals surface area contributed by atoms with Gasteiger partial charge >= 0.3 is 0 Å². The molecule has 0 aliphatic rings. The third-order valence-corrected chi connectivity index (χ3v) is 2.77. The van der Waals surface area contributed by atoms with Gasteiger partial charge in [0.1, 0.15) is 0 Å². The summed E-state index contributed by atoms with van der Waals surface area (Å²) in [5.74, 6) is -0.981. The Bertz CT molecular complexity index is 169. The van der Waals surface area contributed by atoms with Gasteiger partial charge in [0, 0.05) is 27.8 Å². The van der Waals surface area contributed by atoms with Crippen LogP contribution in [0.4, 0.5) is 0 Å². The molecule has 0 atom stereocenters. The van der Waals surface area contributed by atoms with E-state index in [0.717, 1.165) is 6.04 Å². The van der Waals surface area contributed by atoms with Gasteiger partial charge in [0.25, 0.3) is 5.97 Å². The van der Waals surface area contributed by atoms with Crippen molar-refractivity contribution in [3.8, 4) is 0 Å². The molecule has 0 N–H and O–H groups in total. The van der Waals surface area contributed by atoms with E-state index in [9.17, 15) is 4.79 Å². The minimum absolute atomic E-state index is 0.577. The molecule has 0 amide bonds. The predicted octanol–water partition coefficient (Wildman–Crippen LogP) is -0.193. The molecule has 0 spiro atoms. The highest BCUT2D eigenvalue weighted by molar-refractivity contribution is 6.34. The van der Waals surface area contributed by atoms with Gasteiger partial charge in [0.05, 0.1) is 0 Å². The van der Waals surface area contributed by atoms with Crippen LogP contribution in [-0.2, 0) is 19.0 Å². The maximum Gasteiger partial charge on any atom is 0.281 e. The first-order chi connectivity index (χ1) is 6.24. The molecule has 76 valence electrons. The Kier molecular flexibility index (Phi) is 6.66. The van der Waals surface area contributed by atoms with E-state index in [1.165, 1.54) is 27.4 Å². The molecule has 0 fully saturated rings. The van der Waals surface area contributed by atoms with Crippen molar-refractivity contribution >= 4 is 15.8 Å². The summed E-state index contributed by atoms with van der Waals surface area (Å²) in [4.78, 5) is 9.79. The van der Waals surface area contributed by atoms with Gasteiger partial charge in [-0.2, -0.15) is 0 Å². The molecule has 0 aromatic rings. The van der Waals surface area contributed by atoms with Crippen molar-refractivity contribution in [3.05, 3.63) is 0 Å². The topological polar surface area (TPSA) is 57.1 Å². The lowest BCUT2D eigenvalue weighted by atomic mass is 10.4. The number of ether oxygens (including phenoxy) is 3. The van der Waals surface area contributed by atoms with Crippen molar-refractivity contribution in [1.82, 2.24) is 0 Å². The number of nitrogens with zero attached hydrogens (tertiary/aromatic N) is 1. The maximum absolute atomic E-state index is 9.79. The second kappa shape index (κ2) is 6.94. The van der Waals surface area contributed by atoms with E-state index < -0.39 is 15.7 Å². The van der Waals surface area contributed by atoms with E-state index in [1.54, 1.807) is 0 Å². The second-order valence-electron chi connectivity index (χ2n) is 2.37. The van der Waals surface area contributed by atoms with Crippen molar-refractivity contribution in [3.63, 3.8) is 0 Å². The SMILES string of the molecule is COC(CC[SiH2]N=C=O)(OC)OC. The summed E-state index contributed by atoms with van der Waals surface area (Å²) < 4.78 is 18.7. The lowest BCUT2D eigenvalue weighted by Crippen LogP contribution is -2.35. The fourth-order valence-corrected chi connectivity index (χ4v) is 1.82.